The molecule has 0 radical (unpaired) electrons. The highest BCUT2D eigenvalue weighted by Crippen LogP contribution is 2.46. The minimum atomic E-state index is 0. The Kier molecular flexibility index (Phi) is 5.92. The highest BCUT2D eigenvalue weighted by molar-refractivity contribution is 14.0. The van der Waals surface area contributed by atoms with Crippen molar-refractivity contribution in [3.8, 4) is 0 Å². The van der Waals surface area contributed by atoms with Gasteiger partial charge in [-0.2, -0.15) is 0 Å². The quantitative estimate of drug-likeness (QED) is 0.462. The molecule has 0 amide bonds. The average molecular weight is 420 g/mol. The van der Waals surface area contributed by atoms with Crippen LogP contribution in [0.2, 0.25) is 0 Å². The number of aromatic nitrogens is 1. The second-order valence-corrected chi connectivity index (χ2v) is 6.95. The molecule has 1 aromatic rings. The van der Waals surface area contributed by atoms with E-state index in [2.05, 4.69) is 49.8 Å². The topological polar surface area (TPSA) is 53.7 Å². The van der Waals surface area contributed by atoms with Gasteiger partial charge in [-0.05, 0) is 34.6 Å². The van der Waals surface area contributed by atoms with E-state index in [0.29, 0.717) is 17.9 Å². The van der Waals surface area contributed by atoms with E-state index in [-0.39, 0.29) is 29.5 Å². The Bertz CT molecular complexity index is 529. The normalized spacial score (nSPS) is 19.4. The fourth-order valence-electron chi connectivity index (χ4n) is 2.54. The van der Waals surface area contributed by atoms with Gasteiger partial charge in [0.1, 0.15) is 12.3 Å². The first-order valence-electron chi connectivity index (χ1n) is 7.68. The molecule has 0 saturated carbocycles. The van der Waals surface area contributed by atoms with Gasteiger partial charge in [0.05, 0.1) is 5.69 Å². The minimum Gasteiger partial charge on any atom is -0.444 e. The zero-order valence-electron chi connectivity index (χ0n) is 14.8. The Hall–Kier alpha value is -0.790. The number of nitrogens with zero attached hydrogens (tertiary/aromatic N) is 3. The molecule has 5 nitrogen and oxygen atoms in total. The van der Waals surface area contributed by atoms with E-state index in [1.54, 1.807) is 0 Å². The summed E-state index contributed by atoms with van der Waals surface area (Å²) in [5.74, 6) is 2.49. The monoisotopic (exact) mass is 420 g/mol. The number of rotatable bonds is 3. The Labute approximate surface area is 151 Å². The van der Waals surface area contributed by atoms with Gasteiger partial charge < -0.3 is 14.6 Å². The molecule has 0 spiro atoms. The van der Waals surface area contributed by atoms with E-state index in [1.165, 1.54) is 0 Å². The largest absolute Gasteiger partial charge is 0.444 e. The van der Waals surface area contributed by atoms with Gasteiger partial charge in [0.15, 0.2) is 5.96 Å². The number of nitrogens with one attached hydrogen (secondary N) is 1. The number of likely N-dealkylation sites (tertiary alicyclic amines) is 1. The van der Waals surface area contributed by atoms with Crippen LogP contribution in [0.1, 0.15) is 52.0 Å². The number of oxazole rings is 1. The molecule has 0 atom stereocenters. The Morgan fingerprint density at radius 1 is 1.32 bits per heavy atom. The first-order chi connectivity index (χ1) is 9.69. The van der Waals surface area contributed by atoms with Gasteiger partial charge in [0, 0.05) is 24.0 Å². The van der Waals surface area contributed by atoms with E-state index in [9.17, 15) is 0 Å². The van der Waals surface area contributed by atoms with Gasteiger partial charge in [-0.3, -0.25) is 0 Å². The van der Waals surface area contributed by atoms with Crippen LogP contribution in [0.25, 0.3) is 0 Å². The van der Waals surface area contributed by atoms with E-state index in [1.807, 2.05) is 13.8 Å². The fraction of sp³-hybridized carbons (Fsp3) is 0.750. The lowest BCUT2D eigenvalue weighted by molar-refractivity contribution is -0.0668. The summed E-state index contributed by atoms with van der Waals surface area (Å²) < 4.78 is 5.60. The summed E-state index contributed by atoms with van der Waals surface area (Å²) in [6.45, 7) is 17.5. The van der Waals surface area contributed by atoms with Crippen molar-refractivity contribution >= 4 is 29.9 Å². The van der Waals surface area contributed by atoms with Crippen LogP contribution in [-0.4, -0.2) is 34.5 Å². The number of halogens is 1. The lowest BCUT2D eigenvalue weighted by atomic mass is 9.65. The van der Waals surface area contributed by atoms with Crippen molar-refractivity contribution in [2.75, 3.05) is 13.1 Å². The van der Waals surface area contributed by atoms with Crippen LogP contribution >= 0.6 is 24.0 Å². The maximum atomic E-state index is 5.60. The fourth-order valence-corrected chi connectivity index (χ4v) is 2.54. The Morgan fingerprint density at radius 3 is 2.36 bits per heavy atom. The van der Waals surface area contributed by atoms with Crippen molar-refractivity contribution < 1.29 is 4.42 Å². The van der Waals surface area contributed by atoms with Crippen LogP contribution in [-0.2, 0) is 6.54 Å². The van der Waals surface area contributed by atoms with E-state index >= 15 is 0 Å². The summed E-state index contributed by atoms with van der Waals surface area (Å²) >= 11 is 0. The number of guanidine groups is 1. The van der Waals surface area contributed by atoms with Crippen LogP contribution in [0, 0.1) is 19.3 Å². The second-order valence-electron chi connectivity index (χ2n) is 6.95. The lowest BCUT2D eigenvalue weighted by Crippen LogP contribution is -2.72. The van der Waals surface area contributed by atoms with Crippen LogP contribution in [0.5, 0.6) is 0 Å². The predicted octanol–water partition coefficient (Wildman–Crippen LogP) is 3.50. The van der Waals surface area contributed by atoms with Gasteiger partial charge in [-0.1, -0.05) is 13.8 Å². The van der Waals surface area contributed by atoms with E-state index in [4.69, 9.17) is 9.41 Å². The van der Waals surface area contributed by atoms with Gasteiger partial charge in [-0.15, -0.1) is 24.0 Å². The summed E-state index contributed by atoms with van der Waals surface area (Å²) in [5, 5.41) is 3.38. The SMILES string of the molecule is CCNC(=NCc1nc(C)c(C)o1)N1CC(C)(C)C1(C)C.I. The smallest absolute Gasteiger partial charge is 0.216 e. The molecule has 0 bridgehead atoms. The lowest BCUT2D eigenvalue weighted by Gasteiger charge is -2.62. The van der Waals surface area contributed by atoms with Crippen molar-refractivity contribution in [3.63, 3.8) is 0 Å². The summed E-state index contributed by atoms with van der Waals surface area (Å²) in [6, 6.07) is 0. The maximum Gasteiger partial charge on any atom is 0.216 e. The molecule has 2 rings (SSSR count). The van der Waals surface area contributed by atoms with Crippen LogP contribution in [0.15, 0.2) is 9.41 Å². The summed E-state index contributed by atoms with van der Waals surface area (Å²) in [5.41, 5.74) is 1.33. The molecule has 0 aromatic carbocycles. The summed E-state index contributed by atoms with van der Waals surface area (Å²) in [4.78, 5) is 11.4. The number of aliphatic imine (C=N–C) groups is 1. The van der Waals surface area contributed by atoms with Gasteiger partial charge in [-0.25, -0.2) is 9.98 Å². The van der Waals surface area contributed by atoms with Crippen LogP contribution in [0.4, 0.5) is 0 Å². The molecule has 0 aliphatic carbocycles. The molecule has 2 heterocycles. The summed E-state index contributed by atoms with van der Waals surface area (Å²) in [7, 11) is 0. The first-order valence-corrected chi connectivity index (χ1v) is 7.68. The third-order valence-corrected chi connectivity index (χ3v) is 4.91. The molecule has 0 unspecified atom stereocenters. The number of aryl methyl sites for hydroxylation is 2. The molecular weight excluding hydrogens is 391 g/mol. The Morgan fingerprint density at radius 2 is 1.95 bits per heavy atom. The van der Waals surface area contributed by atoms with Crippen molar-refractivity contribution in [1.29, 1.82) is 0 Å². The average Bonchev–Trinajstić information content (AvgIpc) is 2.71. The molecule has 6 heteroatoms. The number of hydrogen-bond donors (Lipinski definition) is 1. The molecule has 1 fully saturated rings. The molecule has 1 aliphatic rings. The van der Waals surface area contributed by atoms with Crippen molar-refractivity contribution in [2.45, 2.75) is 60.5 Å². The maximum absolute atomic E-state index is 5.60. The van der Waals surface area contributed by atoms with Crippen molar-refractivity contribution in [3.05, 3.63) is 17.3 Å². The standard InChI is InChI=1S/C16H28N4O.HI/c1-8-17-14(20-10-15(4,5)16(20,6)7)18-9-13-19-11(2)12(3)21-13;/h8-10H2,1-7H3,(H,17,18);1H. The molecule has 1 saturated heterocycles. The first kappa shape index (κ1) is 19.3. The minimum absolute atomic E-state index is 0. The highest BCUT2D eigenvalue weighted by Gasteiger charge is 2.53. The number of hydrogen-bond acceptors (Lipinski definition) is 3. The predicted molar refractivity (Wildman–Crippen MR) is 101 cm³/mol. The van der Waals surface area contributed by atoms with Gasteiger partial charge in [0.2, 0.25) is 5.89 Å². The highest BCUT2D eigenvalue weighted by atomic mass is 127. The zero-order chi connectivity index (χ0) is 15.8. The third kappa shape index (κ3) is 3.41. The van der Waals surface area contributed by atoms with Gasteiger partial charge >= 0.3 is 0 Å². The Balaban J connectivity index is 0.00000242. The molecular formula is C16H29IN4O. The van der Waals surface area contributed by atoms with Crippen molar-refractivity contribution in [1.82, 2.24) is 15.2 Å². The molecule has 1 N–H and O–H groups in total. The third-order valence-electron chi connectivity index (χ3n) is 4.91. The van der Waals surface area contributed by atoms with Crippen molar-refractivity contribution in [2.24, 2.45) is 10.4 Å². The van der Waals surface area contributed by atoms with E-state index in [0.717, 1.165) is 30.5 Å². The van der Waals surface area contributed by atoms with Gasteiger partial charge in [0.25, 0.3) is 0 Å². The molecule has 22 heavy (non-hydrogen) atoms. The van der Waals surface area contributed by atoms with Crippen LogP contribution in [0.3, 0.4) is 0 Å². The van der Waals surface area contributed by atoms with E-state index < -0.39 is 0 Å². The molecule has 1 aromatic heterocycles. The molecule has 126 valence electrons. The molecule has 1 aliphatic heterocycles. The second kappa shape index (κ2) is 6.76. The zero-order valence-corrected chi connectivity index (χ0v) is 17.1. The summed E-state index contributed by atoms with van der Waals surface area (Å²) in [6.07, 6.45) is 0. The van der Waals surface area contributed by atoms with Crippen LogP contribution < -0.4 is 5.32 Å².